The van der Waals surface area contributed by atoms with E-state index in [1.54, 1.807) is 30.3 Å². The van der Waals surface area contributed by atoms with Crippen LogP contribution in [0.5, 0.6) is 0 Å². The number of benzene rings is 2. The van der Waals surface area contributed by atoms with Crippen LogP contribution >= 0.6 is 24.4 Å². The third-order valence-electron chi connectivity index (χ3n) is 3.55. The SMILES string of the molecule is N=c1c(C(N)=S)nn(-c2cccc([N+](=O)[O-])c2)c(=S)n1-c1ccccc1. The normalized spacial score (nSPS) is 10.5. The summed E-state index contributed by atoms with van der Waals surface area (Å²) in [7, 11) is 0. The predicted octanol–water partition coefficient (Wildman–Crippen LogP) is 2.41. The van der Waals surface area contributed by atoms with Crippen molar-refractivity contribution in [1.29, 1.82) is 5.41 Å². The number of para-hydroxylation sites is 1. The lowest BCUT2D eigenvalue weighted by Crippen LogP contribution is -2.34. The van der Waals surface area contributed by atoms with E-state index in [0.717, 1.165) is 0 Å². The summed E-state index contributed by atoms with van der Waals surface area (Å²) in [6.07, 6.45) is 0. The second-order valence-electron chi connectivity index (χ2n) is 5.20. The first-order valence-electron chi connectivity index (χ1n) is 7.31. The lowest BCUT2D eigenvalue weighted by atomic mass is 10.3. The summed E-state index contributed by atoms with van der Waals surface area (Å²) in [5.74, 6) is 0. The van der Waals surface area contributed by atoms with Crippen LogP contribution in [0.2, 0.25) is 0 Å². The molecule has 0 saturated carbocycles. The van der Waals surface area contributed by atoms with Gasteiger partial charge in [0.15, 0.2) is 11.2 Å². The number of rotatable bonds is 4. The number of nitro groups is 1. The minimum atomic E-state index is -0.508. The predicted molar refractivity (Wildman–Crippen MR) is 102 cm³/mol. The van der Waals surface area contributed by atoms with Crippen LogP contribution in [0.4, 0.5) is 5.69 Å². The molecule has 0 atom stereocenters. The number of nitrogens with one attached hydrogen (secondary N) is 1. The average Bonchev–Trinajstić information content (AvgIpc) is 2.62. The molecular weight excluding hydrogens is 372 g/mol. The van der Waals surface area contributed by atoms with Crippen molar-refractivity contribution in [2.75, 3.05) is 0 Å². The third kappa shape index (κ3) is 3.15. The van der Waals surface area contributed by atoms with E-state index in [-0.39, 0.29) is 26.6 Å². The zero-order chi connectivity index (χ0) is 18.8. The molecule has 2 aromatic carbocycles. The Hall–Kier alpha value is -3.24. The van der Waals surface area contributed by atoms with Crippen LogP contribution in [0.15, 0.2) is 54.6 Å². The van der Waals surface area contributed by atoms with Crippen molar-refractivity contribution < 1.29 is 4.92 Å². The number of non-ortho nitro benzene ring substituents is 1. The maximum Gasteiger partial charge on any atom is 0.271 e. The number of thiocarbonyl (C=S) groups is 1. The molecule has 10 heteroatoms. The molecular formula is C16H12N6O2S2. The molecule has 0 aliphatic carbocycles. The molecule has 3 N–H and O–H groups in total. The van der Waals surface area contributed by atoms with E-state index in [1.165, 1.54) is 27.4 Å². The molecule has 3 rings (SSSR count). The van der Waals surface area contributed by atoms with Crippen molar-refractivity contribution in [3.8, 4) is 11.4 Å². The summed E-state index contributed by atoms with van der Waals surface area (Å²) in [6.45, 7) is 0. The quantitative estimate of drug-likeness (QED) is 0.405. The van der Waals surface area contributed by atoms with Crippen LogP contribution in [0.25, 0.3) is 11.4 Å². The molecule has 0 saturated heterocycles. The molecule has 130 valence electrons. The van der Waals surface area contributed by atoms with Crippen molar-refractivity contribution >= 4 is 35.1 Å². The Morgan fingerprint density at radius 1 is 1.15 bits per heavy atom. The summed E-state index contributed by atoms with van der Waals surface area (Å²) in [5.41, 5.74) is 6.60. The van der Waals surface area contributed by atoms with E-state index >= 15 is 0 Å². The second-order valence-corrected chi connectivity index (χ2v) is 6.01. The topological polar surface area (TPSA) is 116 Å². The smallest absolute Gasteiger partial charge is 0.271 e. The van der Waals surface area contributed by atoms with Crippen LogP contribution < -0.4 is 11.2 Å². The molecule has 1 heterocycles. The van der Waals surface area contributed by atoms with Gasteiger partial charge < -0.3 is 5.73 Å². The molecule has 0 aliphatic rings. The molecule has 1 aromatic heterocycles. The highest BCUT2D eigenvalue weighted by Crippen LogP contribution is 2.17. The number of aromatic nitrogens is 3. The van der Waals surface area contributed by atoms with Crippen molar-refractivity contribution in [3.05, 3.63) is 80.7 Å². The molecule has 3 aromatic rings. The van der Waals surface area contributed by atoms with E-state index in [1.807, 2.05) is 6.07 Å². The van der Waals surface area contributed by atoms with Crippen molar-refractivity contribution in [2.45, 2.75) is 0 Å². The maximum absolute atomic E-state index is 11.1. The Balaban J connectivity index is 2.38. The monoisotopic (exact) mass is 384 g/mol. The van der Waals surface area contributed by atoms with Gasteiger partial charge in [-0.1, -0.05) is 36.5 Å². The molecule has 0 amide bonds. The standard InChI is InChI=1S/C16H12N6O2S2/c17-14-13(15(18)25)19-21(11-7-4-8-12(9-11)22(23)24)16(26)20(14)10-5-2-1-3-6-10/h1-9,17H,(H2,18,25). The third-order valence-corrected chi connectivity index (χ3v) is 4.10. The van der Waals surface area contributed by atoms with Gasteiger partial charge in [0.05, 0.1) is 10.6 Å². The summed E-state index contributed by atoms with van der Waals surface area (Å²) in [5, 5.41) is 23.7. The van der Waals surface area contributed by atoms with Crippen molar-refractivity contribution in [1.82, 2.24) is 14.3 Å². The largest absolute Gasteiger partial charge is 0.388 e. The molecule has 0 aliphatic heterocycles. The summed E-state index contributed by atoms with van der Waals surface area (Å²) in [6, 6.07) is 14.8. The van der Waals surface area contributed by atoms with Crippen molar-refractivity contribution in [2.24, 2.45) is 5.73 Å². The number of hydrogen-bond donors (Lipinski definition) is 2. The van der Waals surface area contributed by atoms with Gasteiger partial charge in [-0.25, -0.2) is 4.68 Å². The zero-order valence-corrected chi connectivity index (χ0v) is 14.8. The minimum Gasteiger partial charge on any atom is -0.388 e. The summed E-state index contributed by atoms with van der Waals surface area (Å²) in [4.78, 5) is 10.5. The zero-order valence-electron chi connectivity index (χ0n) is 13.2. The highest BCUT2D eigenvalue weighted by molar-refractivity contribution is 7.80. The van der Waals surface area contributed by atoms with E-state index < -0.39 is 4.92 Å². The molecule has 26 heavy (non-hydrogen) atoms. The highest BCUT2D eigenvalue weighted by Gasteiger charge is 2.15. The van der Waals surface area contributed by atoms with Gasteiger partial charge in [-0.05, 0) is 30.4 Å². The molecule has 0 bridgehead atoms. The van der Waals surface area contributed by atoms with Gasteiger partial charge >= 0.3 is 0 Å². The first-order valence-corrected chi connectivity index (χ1v) is 8.13. The number of hydrogen-bond acceptors (Lipinski definition) is 6. The number of nitrogens with two attached hydrogens (primary N) is 1. The van der Waals surface area contributed by atoms with Gasteiger partial charge in [-0.15, -0.1) is 0 Å². The number of nitro benzene ring substituents is 1. The van der Waals surface area contributed by atoms with E-state index in [9.17, 15) is 10.1 Å². The Bertz CT molecular complexity index is 1140. The van der Waals surface area contributed by atoms with Gasteiger partial charge in [0.1, 0.15) is 4.99 Å². The first kappa shape index (κ1) is 17.6. The Labute approximate surface area is 157 Å². The fourth-order valence-electron chi connectivity index (χ4n) is 2.38. The van der Waals surface area contributed by atoms with Crippen LogP contribution in [0.1, 0.15) is 5.69 Å². The van der Waals surface area contributed by atoms with Crippen LogP contribution in [-0.2, 0) is 0 Å². The van der Waals surface area contributed by atoms with Gasteiger partial charge in [-0.2, -0.15) is 5.10 Å². The first-order chi connectivity index (χ1) is 12.4. The van der Waals surface area contributed by atoms with E-state index in [0.29, 0.717) is 11.4 Å². The molecule has 8 nitrogen and oxygen atoms in total. The fraction of sp³-hybridized carbons (Fsp3) is 0. The van der Waals surface area contributed by atoms with Gasteiger partial charge in [0.25, 0.3) is 5.69 Å². The molecule has 0 fully saturated rings. The van der Waals surface area contributed by atoms with Gasteiger partial charge in [0.2, 0.25) is 4.77 Å². The fourth-order valence-corrected chi connectivity index (χ4v) is 2.86. The lowest BCUT2D eigenvalue weighted by Gasteiger charge is -2.14. The van der Waals surface area contributed by atoms with E-state index in [4.69, 9.17) is 35.6 Å². The lowest BCUT2D eigenvalue weighted by molar-refractivity contribution is -0.384. The Kier molecular flexibility index (Phi) is 4.69. The van der Waals surface area contributed by atoms with Gasteiger partial charge in [-0.3, -0.25) is 20.1 Å². The van der Waals surface area contributed by atoms with Crippen LogP contribution in [0, 0.1) is 20.3 Å². The molecule has 0 radical (unpaired) electrons. The minimum absolute atomic E-state index is 0.0592. The highest BCUT2D eigenvalue weighted by atomic mass is 32.1. The average molecular weight is 384 g/mol. The maximum atomic E-state index is 11.1. The summed E-state index contributed by atoms with van der Waals surface area (Å²) < 4.78 is 2.92. The second kappa shape index (κ2) is 6.94. The Morgan fingerprint density at radius 2 is 1.81 bits per heavy atom. The molecule has 0 unspecified atom stereocenters. The molecule has 0 spiro atoms. The van der Waals surface area contributed by atoms with E-state index in [2.05, 4.69) is 5.10 Å². The Morgan fingerprint density at radius 3 is 2.42 bits per heavy atom. The van der Waals surface area contributed by atoms with Crippen LogP contribution in [0.3, 0.4) is 0 Å². The number of nitrogens with zero attached hydrogens (tertiary/aromatic N) is 4. The van der Waals surface area contributed by atoms with Gasteiger partial charge in [0, 0.05) is 17.8 Å². The summed E-state index contributed by atoms with van der Waals surface area (Å²) >= 11 is 10.5. The van der Waals surface area contributed by atoms with Crippen molar-refractivity contribution in [3.63, 3.8) is 0 Å². The van der Waals surface area contributed by atoms with Crippen LogP contribution in [-0.4, -0.2) is 24.3 Å².